The van der Waals surface area contributed by atoms with E-state index in [1.54, 1.807) is 12.4 Å². The van der Waals surface area contributed by atoms with Crippen molar-refractivity contribution in [1.82, 2.24) is 19.9 Å². The monoisotopic (exact) mass is 166 g/mol. The van der Waals surface area contributed by atoms with Gasteiger partial charge in [-0.1, -0.05) is 11.6 Å². The minimum atomic E-state index is 0.336. The normalized spacial score (nSPS) is 10.3. The highest BCUT2D eigenvalue weighted by Gasteiger charge is 2.00. The van der Waals surface area contributed by atoms with Gasteiger partial charge in [-0.3, -0.25) is 0 Å². The van der Waals surface area contributed by atoms with Crippen molar-refractivity contribution in [1.29, 1.82) is 0 Å². The van der Waals surface area contributed by atoms with Crippen LogP contribution in [0, 0.1) is 0 Å². The van der Waals surface area contributed by atoms with Gasteiger partial charge in [-0.15, -0.1) is 0 Å². The number of fused-ring (bicyclic) bond motifs is 1. The van der Waals surface area contributed by atoms with E-state index in [2.05, 4.69) is 19.9 Å². The first kappa shape index (κ1) is 6.42. The highest BCUT2D eigenvalue weighted by Crippen LogP contribution is 2.12. The van der Waals surface area contributed by atoms with Gasteiger partial charge in [0, 0.05) is 12.4 Å². The van der Waals surface area contributed by atoms with E-state index in [1.807, 2.05) is 0 Å². The summed E-state index contributed by atoms with van der Waals surface area (Å²) in [4.78, 5) is 15.5. The van der Waals surface area contributed by atoms with Gasteiger partial charge in [0.1, 0.15) is 11.8 Å². The Morgan fingerprint density at radius 3 is 2.64 bits per heavy atom. The van der Waals surface area contributed by atoms with Gasteiger partial charge in [0.25, 0.3) is 0 Å². The molecule has 0 amide bonds. The van der Waals surface area contributed by atoms with Gasteiger partial charge >= 0.3 is 0 Å². The Kier molecular flexibility index (Phi) is 1.40. The molecule has 2 rings (SSSR count). The zero-order chi connectivity index (χ0) is 7.68. The van der Waals surface area contributed by atoms with E-state index in [9.17, 15) is 0 Å². The third-order valence-electron chi connectivity index (χ3n) is 1.23. The molecule has 0 bridgehead atoms. The Labute approximate surface area is 67.3 Å². The van der Waals surface area contributed by atoms with Crippen LogP contribution in [0.25, 0.3) is 11.2 Å². The van der Waals surface area contributed by atoms with E-state index in [0.717, 1.165) is 0 Å². The first-order valence-electron chi connectivity index (χ1n) is 2.95. The molecule has 4 nitrogen and oxygen atoms in total. The molecule has 54 valence electrons. The van der Waals surface area contributed by atoms with Gasteiger partial charge in [0.2, 0.25) is 0 Å². The smallest absolute Gasteiger partial charge is 0.182 e. The molecule has 0 unspecified atom stereocenters. The lowest BCUT2D eigenvalue weighted by Gasteiger charge is -1.93. The van der Waals surface area contributed by atoms with E-state index in [1.165, 1.54) is 6.33 Å². The second kappa shape index (κ2) is 2.39. The molecule has 0 aliphatic heterocycles. The molecule has 0 aliphatic rings. The van der Waals surface area contributed by atoms with Crippen LogP contribution in [0.3, 0.4) is 0 Å². The van der Waals surface area contributed by atoms with Crippen molar-refractivity contribution in [2.24, 2.45) is 0 Å². The molecular formula is C6H3ClN4. The molecule has 2 aromatic heterocycles. The molecule has 0 aliphatic carbocycles. The van der Waals surface area contributed by atoms with Crippen LogP contribution in [0.1, 0.15) is 0 Å². The Balaban J connectivity index is 2.91. The van der Waals surface area contributed by atoms with Crippen molar-refractivity contribution in [3.05, 3.63) is 23.9 Å². The molecule has 0 saturated carbocycles. The molecule has 5 heteroatoms. The molecule has 2 aromatic rings. The summed E-state index contributed by atoms with van der Waals surface area (Å²) in [6.07, 6.45) is 4.47. The number of hydrogen-bond acceptors (Lipinski definition) is 4. The average Bonchev–Trinajstić information content (AvgIpc) is 2.06. The summed E-state index contributed by atoms with van der Waals surface area (Å²) in [5, 5.41) is 0.336. The summed E-state index contributed by atoms with van der Waals surface area (Å²) in [7, 11) is 0. The molecule has 0 spiro atoms. The Morgan fingerprint density at radius 1 is 1.00 bits per heavy atom. The van der Waals surface area contributed by atoms with E-state index >= 15 is 0 Å². The second-order valence-electron chi connectivity index (χ2n) is 1.89. The minimum absolute atomic E-state index is 0.336. The molecule has 0 radical (unpaired) electrons. The summed E-state index contributed by atoms with van der Waals surface area (Å²) < 4.78 is 0. The summed E-state index contributed by atoms with van der Waals surface area (Å²) in [5.74, 6) is 0. The minimum Gasteiger partial charge on any atom is -0.248 e. The summed E-state index contributed by atoms with van der Waals surface area (Å²) in [6.45, 7) is 0. The zero-order valence-corrected chi connectivity index (χ0v) is 6.15. The predicted octanol–water partition coefficient (Wildman–Crippen LogP) is 1.07. The lowest BCUT2D eigenvalue weighted by molar-refractivity contribution is 1.15. The predicted molar refractivity (Wildman–Crippen MR) is 40.1 cm³/mol. The van der Waals surface area contributed by atoms with Gasteiger partial charge in [0.05, 0.1) is 0 Å². The van der Waals surface area contributed by atoms with Crippen molar-refractivity contribution in [3.63, 3.8) is 0 Å². The highest BCUT2D eigenvalue weighted by molar-refractivity contribution is 6.33. The van der Waals surface area contributed by atoms with Crippen LogP contribution in [0.5, 0.6) is 0 Å². The standard InChI is InChI=1S/C6H3ClN4/c7-5-4-6(11-3-10-5)9-2-1-8-4/h1-3H. The van der Waals surface area contributed by atoms with E-state index < -0.39 is 0 Å². The van der Waals surface area contributed by atoms with Crippen LogP contribution in [-0.2, 0) is 0 Å². The van der Waals surface area contributed by atoms with Crippen molar-refractivity contribution >= 4 is 22.8 Å². The first-order valence-corrected chi connectivity index (χ1v) is 3.33. The van der Waals surface area contributed by atoms with Crippen LogP contribution >= 0.6 is 11.6 Å². The fourth-order valence-corrected chi connectivity index (χ4v) is 0.943. The maximum atomic E-state index is 5.70. The number of rotatable bonds is 0. The fraction of sp³-hybridized carbons (Fsp3) is 0. The summed E-state index contributed by atoms with van der Waals surface area (Å²) >= 11 is 5.70. The second-order valence-corrected chi connectivity index (χ2v) is 2.25. The van der Waals surface area contributed by atoms with E-state index in [4.69, 9.17) is 11.6 Å². The van der Waals surface area contributed by atoms with Crippen molar-refractivity contribution in [2.45, 2.75) is 0 Å². The number of halogens is 1. The highest BCUT2D eigenvalue weighted by atomic mass is 35.5. The molecule has 0 saturated heterocycles. The Bertz CT molecular complexity index is 384. The SMILES string of the molecule is Clc1ncnc2nccnc12. The molecule has 0 fully saturated rings. The topological polar surface area (TPSA) is 51.6 Å². The first-order chi connectivity index (χ1) is 5.38. The Morgan fingerprint density at radius 2 is 1.82 bits per heavy atom. The average molecular weight is 167 g/mol. The van der Waals surface area contributed by atoms with Crippen LogP contribution in [0.4, 0.5) is 0 Å². The Hall–Kier alpha value is -1.29. The number of aromatic nitrogens is 4. The molecular weight excluding hydrogens is 164 g/mol. The quantitative estimate of drug-likeness (QED) is 0.550. The lowest BCUT2D eigenvalue weighted by atomic mass is 10.5. The molecule has 0 atom stereocenters. The molecule has 0 aromatic carbocycles. The van der Waals surface area contributed by atoms with E-state index in [0.29, 0.717) is 16.3 Å². The molecule has 2 heterocycles. The van der Waals surface area contributed by atoms with Crippen molar-refractivity contribution in [2.75, 3.05) is 0 Å². The fourth-order valence-electron chi connectivity index (χ4n) is 0.766. The summed E-state index contributed by atoms with van der Waals surface area (Å²) in [5.41, 5.74) is 1.06. The molecule has 11 heavy (non-hydrogen) atoms. The number of nitrogens with zero attached hydrogens (tertiary/aromatic N) is 4. The van der Waals surface area contributed by atoms with Crippen LogP contribution < -0.4 is 0 Å². The van der Waals surface area contributed by atoms with Crippen molar-refractivity contribution < 1.29 is 0 Å². The van der Waals surface area contributed by atoms with Crippen LogP contribution in [0.15, 0.2) is 18.7 Å². The van der Waals surface area contributed by atoms with E-state index in [-0.39, 0.29) is 0 Å². The van der Waals surface area contributed by atoms with Crippen LogP contribution in [-0.4, -0.2) is 19.9 Å². The van der Waals surface area contributed by atoms with Crippen molar-refractivity contribution in [3.8, 4) is 0 Å². The largest absolute Gasteiger partial charge is 0.248 e. The maximum absolute atomic E-state index is 5.70. The number of hydrogen-bond donors (Lipinski definition) is 0. The summed E-state index contributed by atoms with van der Waals surface area (Å²) in [6, 6.07) is 0. The van der Waals surface area contributed by atoms with Gasteiger partial charge < -0.3 is 0 Å². The zero-order valence-electron chi connectivity index (χ0n) is 5.40. The lowest BCUT2D eigenvalue weighted by Crippen LogP contribution is -1.88. The van der Waals surface area contributed by atoms with Crippen LogP contribution in [0.2, 0.25) is 5.15 Å². The molecule has 0 N–H and O–H groups in total. The van der Waals surface area contributed by atoms with Gasteiger partial charge in [0.15, 0.2) is 10.8 Å². The van der Waals surface area contributed by atoms with Gasteiger partial charge in [-0.25, -0.2) is 19.9 Å². The maximum Gasteiger partial charge on any atom is 0.182 e. The van der Waals surface area contributed by atoms with Gasteiger partial charge in [-0.2, -0.15) is 0 Å². The third-order valence-corrected chi connectivity index (χ3v) is 1.50. The van der Waals surface area contributed by atoms with Gasteiger partial charge in [-0.05, 0) is 0 Å². The third kappa shape index (κ3) is 1.01.